The summed E-state index contributed by atoms with van der Waals surface area (Å²) < 4.78 is 5.48. The molecule has 0 spiro atoms. The SMILES string of the molecule is Clc1cccc(CNc2ccc3c(c2)COCC3)c1. The average Bonchev–Trinajstić information content (AvgIpc) is 2.45. The third-order valence-electron chi connectivity index (χ3n) is 3.37. The summed E-state index contributed by atoms with van der Waals surface area (Å²) in [7, 11) is 0. The first-order valence-corrected chi connectivity index (χ1v) is 6.87. The summed E-state index contributed by atoms with van der Waals surface area (Å²) in [5, 5.41) is 4.20. The quantitative estimate of drug-likeness (QED) is 0.912. The van der Waals surface area contributed by atoms with Crippen molar-refractivity contribution in [3.8, 4) is 0 Å². The zero-order valence-electron chi connectivity index (χ0n) is 10.7. The number of hydrogen-bond donors (Lipinski definition) is 1. The highest BCUT2D eigenvalue weighted by atomic mass is 35.5. The van der Waals surface area contributed by atoms with Crippen LogP contribution in [0.25, 0.3) is 0 Å². The molecular formula is C16H16ClNO. The lowest BCUT2D eigenvalue weighted by Gasteiger charge is -2.17. The summed E-state index contributed by atoms with van der Waals surface area (Å²) in [6.45, 7) is 2.34. The maximum absolute atomic E-state index is 5.98. The minimum absolute atomic E-state index is 0.724. The lowest BCUT2D eigenvalue weighted by Crippen LogP contribution is -2.10. The normalized spacial score (nSPS) is 13.9. The Bertz CT molecular complexity index is 583. The smallest absolute Gasteiger partial charge is 0.0720 e. The van der Waals surface area contributed by atoms with Gasteiger partial charge in [0.05, 0.1) is 13.2 Å². The van der Waals surface area contributed by atoms with E-state index in [9.17, 15) is 0 Å². The van der Waals surface area contributed by atoms with Gasteiger partial charge < -0.3 is 10.1 Å². The minimum atomic E-state index is 0.724. The molecule has 2 nitrogen and oxygen atoms in total. The molecular weight excluding hydrogens is 258 g/mol. The third kappa shape index (κ3) is 3.09. The number of nitrogens with one attached hydrogen (secondary N) is 1. The number of anilines is 1. The second kappa shape index (κ2) is 5.64. The molecule has 1 heterocycles. The number of hydrogen-bond acceptors (Lipinski definition) is 2. The van der Waals surface area contributed by atoms with Gasteiger partial charge in [0.1, 0.15) is 0 Å². The predicted octanol–water partition coefficient (Wildman–Crippen LogP) is 4.02. The van der Waals surface area contributed by atoms with Crippen LogP contribution >= 0.6 is 11.6 Å². The van der Waals surface area contributed by atoms with Gasteiger partial charge in [0, 0.05) is 17.3 Å². The molecule has 0 aromatic heterocycles. The first-order chi connectivity index (χ1) is 9.31. The van der Waals surface area contributed by atoms with Crippen LogP contribution in [-0.2, 0) is 24.3 Å². The lowest BCUT2D eigenvalue weighted by molar-refractivity contribution is 0.111. The Hall–Kier alpha value is -1.51. The molecule has 1 aliphatic rings. The molecule has 1 aliphatic heterocycles. The molecule has 2 aromatic carbocycles. The lowest BCUT2D eigenvalue weighted by atomic mass is 10.0. The fourth-order valence-corrected chi connectivity index (χ4v) is 2.54. The second-order valence-electron chi connectivity index (χ2n) is 4.77. The summed E-state index contributed by atoms with van der Waals surface area (Å²) in [4.78, 5) is 0. The van der Waals surface area contributed by atoms with Gasteiger partial charge in [-0.3, -0.25) is 0 Å². The van der Waals surface area contributed by atoms with Gasteiger partial charge in [-0.1, -0.05) is 29.8 Å². The van der Waals surface area contributed by atoms with Crippen LogP contribution < -0.4 is 5.32 Å². The van der Waals surface area contributed by atoms with Crippen molar-refractivity contribution >= 4 is 17.3 Å². The van der Waals surface area contributed by atoms with Crippen LogP contribution in [0.15, 0.2) is 42.5 Å². The number of halogens is 1. The minimum Gasteiger partial charge on any atom is -0.381 e. The van der Waals surface area contributed by atoms with Crippen LogP contribution in [0, 0.1) is 0 Å². The molecule has 1 N–H and O–H groups in total. The van der Waals surface area contributed by atoms with Crippen molar-refractivity contribution in [2.45, 2.75) is 19.6 Å². The van der Waals surface area contributed by atoms with Gasteiger partial charge in [-0.15, -0.1) is 0 Å². The molecule has 0 fully saturated rings. The van der Waals surface area contributed by atoms with E-state index in [-0.39, 0.29) is 0 Å². The second-order valence-corrected chi connectivity index (χ2v) is 5.21. The summed E-state index contributed by atoms with van der Waals surface area (Å²) in [5.41, 5.74) is 5.01. The van der Waals surface area contributed by atoms with Crippen molar-refractivity contribution in [1.29, 1.82) is 0 Å². The van der Waals surface area contributed by atoms with Gasteiger partial charge in [-0.05, 0) is 47.4 Å². The van der Waals surface area contributed by atoms with Gasteiger partial charge in [0.2, 0.25) is 0 Å². The Balaban J connectivity index is 1.70. The number of rotatable bonds is 3. The van der Waals surface area contributed by atoms with Gasteiger partial charge in [-0.25, -0.2) is 0 Å². The third-order valence-corrected chi connectivity index (χ3v) is 3.60. The standard InChI is InChI=1S/C16H16ClNO/c17-15-3-1-2-12(8-15)10-18-16-5-4-13-6-7-19-11-14(13)9-16/h1-5,8-9,18H,6-7,10-11H2. The van der Waals surface area contributed by atoms with E-state index in [1.165, 1.54) is 16.7 Å². The summed E-state index contributed by atoms with van der Waals surface area (Å²) in [6.07, 6.45) is 1.02. The van der Waals surface area contributed by atoms with E-state index < -0.39 is 0 Å². The first kappa shape index (κ1) is 12.5. The van der Waals surface area contributed by atoms with Crippen molar-refractivity contribution in [1.82, 2.24) is 0 Å². The molecule has 98 valence electrons. The van der Waals surface area contributed by atoms with Crippen molar-refractivity contribution in [3.05, 3.63) is 64.2 Å². The van der Waals surface area contributed by atoms with Gasteiger partial charge in [-0.2, -0.15) is 0 Å². The van der Waals surface area contributed by atoms with Gasteiger partial charge >= 0.3 is 0 Å². The van der Waals surface area contributed by atoms with E-state index >= 15 is 0 Å². The van der Waals surface area contributed by atoms with Crippen LogP contribution in [0.4, 0.5) is 5.69 Å². The molecule has 0 amide bonds. The van der Waals surface area contributed by atoms with E-state index in [2.05, 4.69) is 29.6 Å². The molecule has 19 heavy (non-hydrogen) atoms. The first-order valence-electron chi connectivity index (χ1n) is 6.49. The van der Waals surface area contributed by atoms with E-state index in [1.54, 1.807) is 0 Å². The molecule has 0 saturated carbocycles. The zero-order chi connectivity index (χ0) is 13.1. The maximum atomic E-state index is 5.98. The Morgan fingerprint density at radius 1 is 1.11 bits per heavy atom. The average molecular weight is 274 g/mol. The molecule has 3 rings (SSSR count). The van der Waals surface area contributed by atoms with Crippen molar-refractivity contribution < 1.29 is 4.74 Å². The molecule has 3 heteroatoms. The summed E-state index contributed by atoms with van der Waals surface area (Å²) in [5.74, 6) is 0. The van der Waals surface area contributed by atoms with E-state index in [4.69, 9.17) is 16.3 Å². The molecule has 0 aliphatic carbocycles. The van der Waals surface area contributed by atoms with E-state index in [0.29, 0.717) is 0 Å². The van der Waals surface area contributed by atoms with Crippen LogP contribution in [0.3, 0.4) is 0 Å². The van der Waals surface area contributed by atoms with Crippen LogP contribution in [0.5, 0.6) is 0 Å². The Morgan fingerprint density at radius 3 is 2.95 bits per heavy atom. The highest BCUT2D eigenvalue weighted by Gasteiger charge is 2.09. The molecule has 0 atom stereocenters. The highest BCUT2D eigenvalue weighted by molar-refractivity contribution is 6.30. The molecule has 0 saturated heterocycles. The fourth-order valence-electron chi connectivity index (χ4n) is 2.33. The summed E-state index contributed by atoms with van der Waals surface area (Å²) in [6, 6.07) is 14.4. The van der Waals surface area contributed by atoms with E-state index in [0.717, 1.165) is 36.9 Å². The fraction of sp³-hybridized carbons (Fsp3) is 0.250. The maximum Gasteiger partial charge on any atom is 0.0720 e. The number of fused-ring (bicyclic) bond motifs is 1. The van der Waals surface area contributed by atoms with Gasteiger partial charge in [0.25, 0.3) is 0 Å². The Kier molecular flexibility index (Phi) is 3.72. The van der Waals surface area contributed by atoms with Crippen molar-refractivity contribution in [3.63, 3.8) is 0 Å². The van der Waals surface area contributed by atoms with Crippen LogP contribution in [-0.4, -0.2) is 6.61 Å². The largest absolute Gasteiger partial charge is 0.381 e. The Morgan fingerprint density at radius 2 is 2.05 bits per heavy atom. The van der Waals surface area contributed by atoms with E-state index in [1.807, 2.05) is 18.2 Å². The zero-order valence-corrected chi connectivity index (χ0v) is 11.4. The van der Waals surface area contributed by atoms with Crippen molar-refractivity contribution in [2.75, 3.05) is 11.9 Å². The number of benzene rings is 2. The molecule has 0 unspecified atom stereocenters. The monoisotopic (exact) mass is 273 g/mol. The van der Waals surface area contributed by atoms with Crippen LogP contribution in [0.2, 0.25) is 5.02 Å². The highest BCUT2D eigenvalue weighted by Crippen LogP contribution is 2.21. The molecule has 2 aromatic rings. The molecule has 0 radical (unpaired) electrons. The predicted molar refractivity (Wildman–Crippen MR) is 78.6 cm³/mol. The Labute approximate surface area is 118 Å². The van der Waals surface area contributed by atoms with Gasteiger partial charge in [0.15, 0.2) is 0 Å². The van der Waals surface area contributed by atoms with Crippen LogP contribution in [0.1, 0.15) is 16.7 Å². The van der Waals surface area contributed by atoms with Crippen molar-refractivity contribution in [2.24, 2.45) is 0 Å². The number of ether oxygens (including phenoxy) is 1. The topological polar surface area (TPSA) is 21.3 Å². The molecule has 0 bridgehead atoms. The summed E-state index contributed by atoms with van der Waals surface area (Å²) >= 11 is 5.98.